The molecule has 1 heterocycles. The molecular formula is C26H31N3O3S. The molecule has 0 unspecified atom stereocenters. The molecule has 3 aromatic carbocycles. The number of piperidine rings is 1. The van der Waals surface area contributed by atoms with Gasteiger partial charge in [-0.3, -0.25) is 14.0 Å². The van der Waals surface area contributed by atoms with Gasteiger partial charge in [-0.15, -0.1) is 0 Å². The minimum absolute atomic E-state index is 0.264. The number of nitrogens with zero attached hydrogens (tertiary/aromatic N) is 2. The summed E-state index contributed by atoms with van der Waals surface area (Å²) >= 11 is 0. The van der Waals surface area contributed by atoms with E-state index in [-0.39, 0.29) is 12.5 Å². The highest BCUT2D eigenvalue weighted by atomic mass is 32.2. The Kier molecular flexibility index (Phi) is 7.30. The molecule has 7 heteroatoms. The Morgan fingerprint density at radius 1 is 0.909 bits per heavy atom. The van der Waals surface area contributed by atoms with Crippen LogP contribution in [-0.2, 0) is 27.9 Å². The molecule has 1 fully saturated rings. The Hall–Kier alpha value is -2.90. The van der Waals surface area contributed by atoms with Crippen molar-refractivity contribution in [2.75, 3.05) is 30.2 Å². The first-order valence-electron chi connectivity index (χ1n) is 11.4. The number of hydrogen-bond acceptors (Lipinski definition) is 4. The molecule has 3 aromatic rings. The summed E-state index contributed by atoms with van der Waals surface area (Å²) in [5, 5.41) is 4.58. The van der Waals surface area contributed by atoms with Crippen LogP contribution in [0.2, 0.25) is 0 Å². The third-order valence-corrected chi connectivity index (χ3v) is 7.22. The summed E-state index contributed by atoms with van der Waals surface area (Å²) in [4.78, 5) is 15.2. The number of rotatable bonds is 8. The third-order valence-electron chi connectivity index (χ3n) is 6.09. The van der Waals surface area contributed by atoms with E-state index in [2.05, 4.69) is 22.3 Å². The fourth-order valence-corrected chi connectivity index (χ4v) is 5.20. The molecule has 6 nitrogen and oxygen atoms in total. The van der Waals surface area contributed by atoms with Crippen LogP contribution in [0.3, 0.4) is 0 Å². The molecule has 0 aliphatic carbocycles. The number of likely N-dealkylation sites (tertiary alicyclic amines) is 1. The quantitative estimate of drug-likeness (QED) is 0.548. The summed E-state index contributed by atoms with van der Waals surface area (Å²) in [6, 6.07) is 21.3. The maximum absolute atomic E-state index is 12.7. The van der Waals surface area contributed by atoms with Crippen LogP contribution in [0, 0.1) is 0 Å². The molecule has 174 valence electrons. The van der Waals surface area contributed by atoms with Crippen molar-refractivity contribution in [2.24, 2.45) is 0 Å². The van der Waals surface area contributed by atoms with Crippen LogP contribution in [0.4, 0.5) is 5.69 Å². The first kappa shape index (κ1) is 23.3. The zero-order valence-electron chi connectivity index (χ0n) is 19.0. The number of amides is 1. The van der Waals surface area contributed by atoms with E-state index in [1.165, 1.54) is 29.1 Å². The molecule has 0 bridgehead atoms. The second-order valence-corrected chi connectivity index (χ2v) is 10.6. The molecule has 1 amide bonds. The second-order valence-electron chi connectivity index (χ2n) is 8.70. The van der Waals surface area contributed by atoms with Gasteiger partial charge in [0.05, 0.1) is 11.9 Å². The maximum atomic E-state index is 12.7. The normalized spacial score (nSPS) is 14.8. The van der Waals surface area contributed by atoms with Crippen LogP contribution < -0.4 is 9.62 Å². The molecular weight excluding hydrogens is 434 g/mol. The average Bonchev–Trinajstić information content (AvgIpc) is 2.82. The van der Waals surface area contributed by atoms with Crippen LogP contribution in [0.5, 0.6) is 0 Å². The van der Waals surface area contributed by atoms with E-state index in [0.29, 0.717) is 12.2 Å². The Labute approximate surface area is 196 Å². The Morgan fingerprint density at radius 3 is 2.30 bits per heavy atom. The minimum atomic E-state index is -3.64. The molecule has 1 N–H and O–H groups in total. The van der Waals surface area contributed by atoms with E-state index >= 15 is 0 Å². The summed E-state index contributed by atoms with van der Waals surface area (Å²) in [5.41, 5.74) is 2.76. The molecule has 1 aliphatic heterocycles. The van der Waals surface area contributed by atoms with Gasteiger partial charge in [0.2, 0.25) is 15.9 Å². The molecule has 0 spiro atoms. The predicted molar refractivity (Wildman–Crippen MR) is 134 cm³/mol. The van der Waals surface area contributed by atoms with E-state index in [1.54, 1.807) is 12.1 Å². The number of fused-ring (bicyclic) bond motifs is 1. The Bertz CT molecular complexity index is 1200. The fraction of sp³-hybridized carbons (Fsp3) is 0.346. The van der Waals surface area contributed by atoms with Crippen molar-refractivity contribution in [2.45, 2.75) is 32.4 Å². The van der Waals surface area contributed by atoms with E-state index in [9.17, 15) is 13.2 Å². The zero-order chi connectivity index (χ0) is 23.3. The van der Waals surface area contributed by atoms with Gasteiger partial charge in [0, 0.05) is 18.5 Å². The number of benzene rings is 3. The van der Waals surface area contributed by atoms with E-state index in [1.807, 2.05) is 42.5 Å². The van der Waals surface area contributed by atoms with Gasteiger partial charge in [-0.25, -0.2) is 8.42 Å². The van der Waals surface area contributed by atoms with Gasteiger partial charge in [0.15, 0.2) is 0 Å². The SMILES string of the molecule is CS(=O)(=O)N(CC(=O)NCc1ccc(CN2CCCCC2)cc1)c1cccc2ccccc12. The molecule has 0 aromatic heterocycles. The van der Waals surface area contributed by atoms with Gasteiger partial charge >= 0.3 is 0 Å². The number of sulfonamides is 1. The van der Waals surface area contributed by atoms with Crippen molar-refractivity contribution in [1.29, 1.82) is 0 Å². The molecule has 1 saturated heterocycles. The summed E-state index contributed by atoms with van der Waals surface area (Å²) in [6.07, 6.45) is 5.00. The zero-order valence-corrected chi connectivity index (χ0v) is 19.9. The lowest BCUT2D eigenvalue weighted by Gasteiger charge is -2.26. The monoisotopic (exact) mass is 465 g/mol. The first-order valence-corrected chi connectivity index (χ1v) is 13.3. The second kappa shape index (κ2) is 10.4. The van der Waals surface area contributed by atoms with Gasteiger partial charge in [-0.2, -0.15) is 0 Å². The topological polar surface area (TPSA) is 69.7 Å². The number of anilines is 1. The smallest absolute Gasteiger partial charge is 0.241 e. The summed E-state index contributed by atoms with van der Waals surface area (Å²) in [6.45, 7) is 3.37. The number of carbonyl (C=O) groups excluding carboxylic acids is 1. The lowest BCUT2D eigenvalue weighted by atomic mass is 10.1. The molecule has 1 aliphatic rings. The number of nitrogens with one attached hydrogen (secondary N) is 1. The number of hydrogen-bond donors (Lipinski definition) is 1. The lowest BCUT2D eigenvalue weighted by Crippen LogP contribution is -2.40. The first-order chi connectivity index (χ1) is 15.9. The van der Waals surface area contributed by atoms with Gasteiger partial charge in [-0.1, -0.05) is 67.1 Å². The van der Waals surface area contributed by atoms with Crippen LogP contribution in [0.1, 0.15) is 30.4 Å². The largest absolute Gasteiger partial charge is 0.350 e. The van der Waals surface area contributed by atoms with Crippen molar-refractivity contribution >= 4 is 32.4 Å². The molecule has 4 rings (SSSR count). The third kappa shape index (κ3) is 6.12. The summed E-state index contributed by atoms with van der Waals surface area (Å²) in [7, 11) is -3.64. The van der Waals surface area contributed by atoms with Crippen LogP contribution >= 0.6 is 0 Å². The summed E-state index contributed by atoms with van der Waals surface area (Å²) < 4.78 is 26.2. The maximum Gasteiger partial charge on any atom is 0.241 e. The Balaban J connectivity index is 1.39. The molecule has 0 atom stereocenters. The van der Waals surface area contributed by atoms with Gasteiger partial charge in [-0.05, 0) is 48.5 Å². The Morgan fingerprint density at radius 2 is 1.58 bits per heavy atom. The predicted octanol–water partition coefficient (Wildman–Crippen LogP) is 3.91. The van der Waals surface area contributed by atoms with Crippen molar-refractivity contribution in [3.63, 3.8) is 0 Å². The fourth-order valence-electron chi connectivity index (χ4n) is 4.33. The molecule has 33 heavy (non-hydrogen) atoms. The molecule has 0 radical (unpaired) electrons. The van der Waals surface area contributed by atoms with E-state index in [0.717, 1.165) is 42.2 Å². The van der Waals surface area contributed by atoms with Gasteiger partial charge in [0.1, 0.15) is 6.54 Å². The van der Waals surface area contributed by atoms with E-state index in [4.69, 9.17) is 0 Å². The van der Waals surface area contributed by atoms with Crippen molar-refractivity contribution in [1.82, 2.24) is 10.2 Å². The minimum Gasteiger partial charge on any atom is -0.350 e. The van der Waals surface area contributed by atoms with Crippen molar-refractivity contribution in [3.05, 3.63) is 77.9 Å². The number of carbonyl (C=O) groups is 1. The van der Waals surface area contributed by atoms with Crippen molar-refractivity contribution in [3.8, 4) is 0 Å². The van der Waals surface area contributed by atoms with Crippen LogP contribution in [-0.4, -0.2) is 45.1 Å². The standard InChI is InChI=1S/C26H31N3O3S/c1-33(31,32)29(25-11-7-9-23-8-3-4-10-24(23)25)20-26(30)27-18-21-12-14-22(15-13-21)19-28-16-5-2-6-17-28/h3-4,7-15H,2,5-6,16-20H2,1H3,(H,27,30). The van der Waals surface area contributed by atoms with E-state index < -0.39 is 10.0 Å². The van der Waals surface area contributed by atoms with Crippen LogP contribution in [0.15, 0.2) is 66.7 Å². The summed E-state index contributed by atoms with van der Waals surface area (Å²) in [5.74, 6) is -0.342. The van der Waals surface area contributed by atoms with Gasteiger partial charge in [0.25, 0.3) is 0 Å². The lowest BCUT2D eigenvalue weighted by molar-refractivity contribution is -0.119. The van der Waals surface area contributed by atoms with Gasteiger partial charge < -0.3 is 5.32 Å². The average molecular weight is 466 g/mol. The highest BCUT2D eigenvalue weighted by Gasteiger charge is 2.22. The highest BCUT2D eigenvalue weighted by molar-refractivity contribution is 7.92. The highest BCUT2D eigenvalue weighted by Crippen LogP contribution is 2.28. The van der Waals surface area contributed by atoms with Crippen LogP contribution in [0.25, 0.3) is 10.8 Å². The van der Waals surface area contributed by atoms with Crippen molar-refractivity contribution < 1.29 is 13.2 Å². The molecule has 0 saturated carbocycles.